The molecule has 0 radical (unpaired) electrons. The van der Waals surface area contributed by atoms with Gasteiger partial charge < -0.3 is 15.0 Å². The molecule has 5 heteroatoms. The third-order valence-corrected chi connectivity index (χ3v) is 4.53. The van der Waals surface area contributed by atoms with Crippen molar-refractivity contribution in [2.45, 2.75) is 13.0 Å². The highest BCUT2D eigenvalue weighted by Crippen LogP contribution is 2.20. The molecule has 1 amide bonds. The first-order valence-corrected chi connectivity index (χ1v) is 7.57. The smallest absolute Gasteiger partial charge is 0.254 e. The summed E-state index contributed by atoms with van der Waals surface area (Å²) < 4.78 is 5.31. The highest BCUT2D eigenvalue weighted by molar-refractivity contribution is 5.94. The zero-order valence-corrected chi connectivity index (χ0v) is 12.8. The van der Waals surface area contributed by atoms with E-state index in [1.807, 2.05) is 30.0 Å². The van der Waals surface area contributed by atoms with Gasteiger partial charge in [0, 0.05) is 50.9 Å². The lowest BCUT2D eigenvalue weighted by atomic mass is 10.1. The Kier molecular flexibility index (Phi) is 4.12. The number of methoxy groups -OCH3 is 1. The summed E-state index contributed by atoms with van der Waals surface area (Å²) in [6.45, 7) is 7.73. The van der Waals surface area contributed by atoms with Gasteiger partial charge in [-0.25, -0.2) is 0 Å². The van der Waals surface area contributed by atoms with Crippen LogP contribution in [0.4, 0.5) is 0 Å². The number of carbonyl (C=O) groups excluding carboxylic acids is 1. The molecule has 0 unspecified atom stereocenters. The first kappa shape index (κ1) is 14.4. The van der Waals surface area contributed by atoms with Gasteiger partial charge in [0.2, 0.25) is 0 Å². The lowest BCUT2D eigenvalue weighted by molar-refractivity contribution is 0.0502. The standard InChI is InChI=1S/C16H23N3O2/c1-12-3-4-13(9-15(12)21-2)16(20)19-7-5-18(6-8-19)14-10-17-11-14/h3-4,9,14,17H,5-8,10-11H2,1-2H3. The molecule has 2 aliphatic heterocycles. The van der Waals surface area contributed by atoms with Crippen molar-refractivity contribution in [3.8, 4) is 5.75 Å². The Hall–Kier alpha value is -1.59. The van der Waals surface area contributed by atoms with Crippen molar-refractivity contribution >= 4 is 5.91 Å². The van der Waals surface area contributed by atoms with E-state index in [4.69, 9.17) is 4.74 Å². The molecule has 5 nitrogen and oxygen atoms in total. The summed E-state index contributed by atoms with van der Waals surface area (Å²) >= 11 is 0. The molecule has 0 atom stereocenters. The summed E-state index contributed by atoms with van der Waals surface area (Å²) in [5, 5.41) is 3.30. The number of benzene rings is 1. The lowest BCUT2D eigenvalue weighted by Crippen LogP contribution is -2.62. The second-order valence-electron chi connectivity index (χ2n) is 5.82. The van der Waals surface area contributed by atoms with E-state index in [9.17, 15) is 4.79 Å². The highest BCUT2D eigenvalue weighted by atomic mass is 16.5. The van der Waals surface area contributed by atoms with Crippen LogP contribution >= 0.6 is 0 Å². The van der Waals surface area contributed by atoms with Gasteiger partial charge in [0.25, 0.3) is 5.91 Å². The summed E-state index contributed by atoms with van der Waals surface area (Å²) in [6, 6.07) is 6.35. The molecule has 0 bridgehead atoms. The molecule has 0 spiro atoms. The summed E-state index contributed by atoms with van der Waals surface area (Å²) in [5.74, 6) is 0.889. The quantitative estimate of drug-likeness (QED) is 0.891. The molecule has 2 heterocycles. The number of amides is 1. The minimum absolute atomic E-state index is 0.111. The van der Waals surface area contributed by atoms with Crippen molar-refractivity contribution in [2.75, 3.05) is 46.4 Å². The van der Waals surface area contributed by atoms with Gasteiger partial charge in [-0.15, -0.1) is 0 Å². The average Bonchev–Trinajstić information content (AvgIpc) is 2.46. The number of hydrogen-bond donors (Lipinski definition) is 1. The molecular weight excluding hydrogens is 266 g/mol. The number of rotatable bonds is 3. The van der Waals surface area contributed by atoms with Crippen molar-refractivity contribution in [3.63, 3.8) is 0 Å². The predicted octanol–water partition coefficient (Wildman–Crippen LogP) is 0.733. The Balaban J connectivity index is 1.63. The predicted molar refractivity (Wildman–Crippen MR) is 81.9 cm³/mol. The third kappa shape index (κ3) is 2.89. The van der Waals surface area contributed by atoms with E-state index in [0.717, 1.165) is 56.1 Å². The Morgan fingerprint density at radius 1 is 1.24 bits per heavy atom. The second-order valence-corrected chi connectivity index (χ2v) is 5.82. The Bertz CT molecular complexity index is 520. The normalized spacial score (nSPS) is 20.2. The fraction of sp³-hybridized carbons (Fsp3) is 0.562. The maximum Gasteiger partial charge on any atom is 0.254 e. The molecular formula is C16H23N3O2. The van der Waals surface area contributed by atoms with Crippen LogP contribution in [0, 0.1) is 6.92 Å². The molecule has 0 aromatic heterocycles. The number of nitrogens with zero attached hydrogens (tertiary/aromatic N) is 2. The molecule has 2 aliphatic rings. The molecule has 2 fully saturated rings. The van der Waals surface area contributed by atoms with E-state index in [-0.39, 0.29) is 5.91 Å². The van der Waals surface area contributed by atoms with Gasteiger partial charge in [0.15, 0.2) is 0 Å². The zero-order valence-electron chi connectivity index (χ0n) is 12.8. The maximum atomic E-state index is 12.6. The van der Waals surface area contributed by atoms with E-state index in [2.05, 4.69) is 10.2 Å². The molecule has 0 saturated carbocycles. The minimum Gasteiger partial charge on any atom is -0.496 e. The largest absolute Gasteiger partial charge is 0.496 e. The molecule has 1 aromatic carbocycles. The Morgan fingerprint density at radius 2 is 1.95 bits per heavy atom. The summed E-state index contributed by atoms with van der Waals surface area (Å²) in [6.07, 6.45) is 0. The van der Waals surface area contributed by atoms with Crippen molar-refractivity contribution in [1.82, 2.24) is 15.1 Å². The number of aryl methyl sites for hydroxylation is 1. The van der Waals surface area contributed by atoms with Gasteiger partial charge in [-0.1, -0.05) is 6.07 Å². The average molecular weight is 289 g/mol. The van der Waals surface area contributed by atoms with Crippen LogP contribution < -0.4 is 10.1 Å². The number of ether oxygens (including phenoxy) is 1. The fourth-order valence-electron chi connectivity index (χ4n) is 2.96. The minimum atomic E-state index is 0.111. The van der Waals surface area contributed by atoms with Crippen LogP contribution in [0.5, 0.6) is 5.75 Å². The number of carbonyl (C=O) groups is 1. The van der Waals surface area contributed by atoms with Gasteiger partial charge in [0.1, 0.15) is 5.75 Å². The number of hydrogen-bond acceptors (Lipinski definition) is 4. The molecule has 114 valence electrons. The van der Waals surface area contributed by atoms with Crippen molar-refractivity contribution in [1.29, 1.82) is 0 Å². The first-order chi connectivity index (χ1) is 10.2. The van der Waals surface area contributed by atoms with Crippen LogP contribution in [0.2, 0.25) is 0 Å². The lowest BCUT2D eigenvalue weighted by Gasteiger charge is -2.43. The molecule has 21 heavy (non-hydrogen) atoms. The molecule has 0 aliphatic carbocycles. The van der Waals surface area contributed by atoms with Gasteiger partial charge >= 0.3 is 0 Å². The van der Waals surface area contributed by atoms with Gasteiger partial charge in [0.05, 0.1) is 7.11 Å². The van der Waals surface area contributed by atoms with Gasteiger partial charge in [-0.2, -0.15) is 0 Å². The summed E-state index contributed by atoms with van der Waals surface area (Å²) in [4.78, 5) is 17.0. The molecule has 3 rings (SSSR count). The molecule has 2 saturated heterocycles. The van der Waals surface area contributed by atoms with Crippen molar-refractivity contribution < 1.29 is 9.53 Å². The number of piperazine rings is 1. The monoisotopic (exact) mass is 289 g/mol. The topological polar surface area (TPSA) is 44.8 Å². The van der Waals surface area contributed by atoms with Crippen molar-refractivity contribution in [3.05, 3.63) is 29.3 Å². The fourth-order valence-corrected chi connectivity index (χ4v) is 2.96. The maximum absolute atomic E-state index is 12.6. The van der Waals surface area contributed by atoms with Gasteiger partial charge in [-0.05, 0) is 24.6 Å². The van der Waals surface area contributed by atoms with E-state index in [1.165, 1.54) is 0 Å². The van der Waals surface area contributed by atoms with Crippen LogP contribution in [0.25, 0.3) is 0 Å². The zero-order chi connectivity index (χ0) is 14.8. The summed E-state index contributed by atoms with van der Waals surface area (Å²) in [7, 11) is 1.64. The van der Waals surface area contributed by atoms with Crippen molar-refractivity contribution in [2.24, 2.45) is 0 Å². The van der Waals surface area contributed by atoms with Crippen LogP contribution in [-0.4, -0.2) is 68.1 Å². The van der Waals surface area contributed by atoms with Crippen LogP contribution in [0.15, 0.2) is 18.2 Å². The van der Waals surface area contributed by atoms with E-state index < -0.39 is 0 Å². The number of nitrogens with one attached hydrogen (secondary N) is 1. The SMILES string of the molecule is COc1cc(C(=O)N2CCN(C3CNC3)CC2)ccc1C. The molecule has 1 aromatic rings. The van der Waals surface area contributed by atoms with Crippen LogP contribution in [-0.2, 0) is 0 Å². The van der Waals surface area contributed by atoms with Crippen LogP contribution in [0.1, 0.15) is 15.9 Å². The van der Waals surface area contributed by atoms with E-state index >= 15 is 0 Å². The van der Waals surface area contributed by atoms with E-state index in [1.54, 1.807) is 7.11 Å². The van der Waals surface area contributed by atoms with Crippen LogP contribution in [0.3, 0.4) is 0 Å². The molecule has 1 N–H and O–H groups in total. The highest BCUT2D eigenvalue weighted by Gasteiger charge is 2.29. The third-order valence-electron chi connectivity index (χ3n) is 4.53. The van der Waals surface area contributed by atoms with Gasteiger partial charge in [-0.3, -0.25) is 9.69 Å². The Morgan fingerprint density at radius 3 is 2.52 bits per heavy atom. The summed E-state index contributed by atoms with van der Waals surface area (Å²) in [5.41, 5.74) is 1.77. The van der Waals surface area contributed by atoms with E-state index in [0.29, 0.717) is 6.04 Å². The second kappa shape index (κ2) is 6.03. The first-order valence-electron chi connectivity index (χ1n) is 7.57. The Labute approximate surface area is 125 Å².